The van der Waals surface area contributed by atoms with Crippen molar-refractivity contribution < 1.29 is 33.4 Å². The molecule has 3 aromatic carbocycles. The third kappa shape index (κ3) is 17.1. The minimum atomic E-state index is -0.980. The molecule has 0 aliphatic heterocycles. The zero-order chi connectivity index (χ0) is 41.6. The van der Waals surface area contributed by atoms with Gasteiger partial charge in [-0.3, -0.25) is 0 Å². The lowest BCUT2D eigenvalue weighted by molar-refractivity contribution is 0.0591. The monoisotopic (exact) mass is 834 g/mol. The maximum atomic E-state index is 12.2. The van der Waals surface area contributed by atoms with Crippen molar-refractivity contribution in [2.24, 2.45) is 5.73 Å². The third-order valence-corrected chi connectivity index (χ3v) is 8.02. The molecule has 12 nitrogen and oxygen atoms in total. The highest BCUT2D eigenvalue weighted by Gasteiger charge is 2.06. The van der Waals surface area contributed by atoms with Gasteiger partial charge in [-0.2, -0.15) is 4.39 Å². The number of hydrogen-bond donors (Lipinski definition) is 4. The Morgan fingerprint density at radius 1 is 0.579 bits per heavy atom. The van der Waals surface area contributed by atoms with Crippen molar-refractivity contribution in [1.82, 2.24) is 15.0 Å². The first-order valence-electron chi connectivity index (χ1n) is 16.8. The highest BCUT2D eigenvalue weighted by molar-refractivity contribution is 6.31. The lowest BCUT2D eigenvalue weighted by Crippen LogP contribution is -2.04. The van der Waals surface area contributed by atoms with E-state index in [-0.39, 0.29) is 11.1 Å². The van der Waals surface area contributed by atoms with E-state index in [0.717, 1.165) is 34.0 Å². The molecule has 0 aliphatic rings. The number of aromatic carboxylic acids is 1. The molecule has 296 valence electrons. The van der Waals surface area contributed by atoms with Gasteiger partial charge in [0, 0.05) is 53.3 Å². The van der Waals surface area contributed by atoms with Crippen molar-refractivity contribution >= 4 is 64.3 Å². The van der Waals surface area contributed by atoms with Crippen LogP contribution in [0.25, 0.3) is 0 Å². The van der Waals surface area contributed by atoms with Crippen molar-refractivity contribution in [3.8, 4) is 0 Å². The van der Waals surface area contributed by atoms with Crippen LogP contribution in [-0.2, 0) is 29.1 Å². The summed E-state index contributed by atoms with van der Waals surface area (Å²) in [6.45, 7) is 1.83. The number of carboxylic acids is 1. The molecule has 0 spiro atoms. The fourth-order valence-corrected chi connectivity index (χ4v) is 4.56. The van der Waals surface area contributed by atoms with Crippen LogP contribution in [0, 0.1) is 5.95 Å². The second-order valence-corrected chi connectivity index (χ2v) is 12.6. The molecule has 0 unspecified atom stereocenters. The fourth-order valence-electron chi connectivity index (χ4n) is 4.19. The predicted molar refractivity (Wildman–Crippen MR) is 219 cm³/mol. The van der Waals surface area contributed by atoms with Crippen LogP contribution in [0.15, 0.2) is 128 Å². The second-order valence-electron chi connectivity index (χ2n) is 11.3. The Morgan fingerprint density at radius 2 is 0.947 bits per heavy atom. The molecule has 0 saturated heterocycles. The first-order valence-corrected chi connectivity index (χ1v) is 17.9. The Morgan fingerprint density at radius 3 is 1.26 bits per heavy atom. The Labute approximate surface area is 343 Å². The van der Waals surface area contributed by atoms with Crippen molar-refractivity contribution in [3.05, 3.63) is 182 Å². The number of carbonyl (C=O) groups is 3. The summed E-state index contributed by atoms with van der Waals surface area (Å²) in [6, 6.07) is 31.5. The number of anilines is 2. The van der Waals surface area contributed by atoms with Gasteiger partial charge in [0.25, 0.3) is 0 Å². The first-order chi connectivity index (χ1) is 27.4. The number of aromatic nitrogens is 3. The van der Waals surface area contributed by atoms with Gasteiger partial charge in [0.1, 0.15) is 11.6 Å². The summed E-state index contributed by atoms with van der Waals surface area (Å²) < 4.78 is 21.2. The number of nitrogens with two attached hydrogens (primary N) is 1. The molecule has 6 aromatic rings. The van der Waals surface area contributed by atoms with Crippen LogP contribution in [0.2, 0.25) is 15.1 Å². The zero-order valence-corrected chi connectivity index (χ0v) is 32.9. The number of rotatable bonds is 10. The van der Waals surface area contributed by atoms with Gasteiger partial charge in [-0.25, -0.2) is 29.3 Å². The van der Waals surface area contributed by atoms with E-state index >= 15 is 0 Å². The van der Waals surface area contributed by atoms with E-state index < -0.39 is 23.9 Å². The summed E-state index contributed by atoms with van der Waals surface area (Å²) in [5.74, 6) is -1.17. The quantitative estimate of drug-likeness (QED) is 0.0762. The lowest BCUT2D eigenvalue weighted by atomic mass is 10.2. The average Bonchev–Trinajstić information content (AvgIpc) is 3.24. The number of ether oxygens (including phenoxy) is 2. The number of methoxy groups -OCH3 is 2. The molecular formula is C41H38Cl3FN6O6. The van der Waals surface area contributed by atoms with Crippen molar-refractivity contribution in [2.45, 2.75) is 19.6 Å². The molecule has 3 heterocycles. The van der Waals surface area contributed by atoms with Gasteiger partial charge in [-0.15, -0.1) is 0 Å². The highest BCUT2D eigenvalue weighted by Crippen LogP contribution is 2.14. The summed E-state index contributed by atoms with van der Waals surface area (Å²) in [5, 5.41) is 17.2. The third-order valence-electron chi connectivity index (χ3n) is 7.27. The Hall–Kier alpha value is -6.12. The Balaban J connectivity index is 0.000000212. The number of hydrogen-bond acceptors (Lipinski definition) is 11. The van der Waals surface area contributed by atoms with E-state index in [1.54, 1.807) is 18.2 Å². The molecule has 3 aromatic heterocycles. The second kappa shape index (κ2) is 24.4. The standard InChI is InChI=1S/C14H13ClN2O2.C13H11ClN2O2.C7H8ClN.C7H6FNO2/c1-19-14(18)11-4-7-13(17-9-11)16-8-10-2-5-12(15)6-3-10;14-11-4-1-9(2-5-11)7-15-12-6-3-10(8-16-12)13(17)18;8-7-3-1-6(5-9)2-4-7;1-11-7(10)5-2-3-6(8)9-4-5/h2-7,9H,8H2,1H3,(H,16,17);1-6,8H,7H2,(H,15,16)(H,17,18);1-4H,5,9H2;2-4H,1H3. The number of pyridine rings is 3. The maximum Gasteiger partial charge on any atom is 0.339 e. The van der Waals surface area contributed by atoms with E-state index in [4.69, 9.17) is 45.6 Å². The van der Waals surface area contributed by atoms with Crippen LogP contribution in [0.4, 0.5) is 16.0 Å². The van der Waals surface area contributed by atoms with Crippen molar-refractivity contribution in [2.75, 3.05) is 24.9 Å². The molecule has 0 saturated carbocycles. The molecule has 6 rings (SSSR count). The van der Waals surface area contributed by atoms with Gasteiger partial charge in [0.2, 0.25) is 5.95 Å². The number of halogens is 4. The molecule has 16 heteroatoms. The van der Waals surface area contributed by atoms with Crippen LogP contribution >= 0.6 is 34.8 Å². The van der Waals surface area contributed by atoms with Crippen LogP contribution in [0.3, 0.4) is 0 Å². The number of nitrogens with zero attached hydrogens (tertiary/aromatic N) is 3. The summed E-state index contributed by atoms with van der Waals surface area (Å²) in [6.07, 6.45) is 3.93. The lowest BCUT2D eigenvalue weighted by Gasteiger charge is -2.06. The van der Waals surface area contributed by atoms with Gasteiger partial charge >= 0.3 is 17.9 Å². The summed E-state index contributed by atoms with van der Waals surface area (Å²) in [4.78, 5) is 44.1. The number of benzene rings is 3. The van der Waals surface area contributed by atoms with Gasteiger partial charge in [0.05, 0.1) is 30.9 Å². The SMILES string of the molecule is COC(=O)c1ccc(F)nc1.COC(=O)c1ccc(NCc2ccc(Cl)cc2)nc1.NCc1ccc(Cl)cc1.O=C(O)c1ccc(NCc2ccc(Cl)cc2)nc1. The molecule has 0 radical (unpaired) electrons. The maximum absolute atomic E-state index is 12.2. The predicted octanol–water partition coefficient (Wildman–Crippen LogP) is 8.99. The van der Waals surface area contributed by atoms with E-state index in [9.17, 15) is 18.8 Å². The minimum absolute atomic E-state index is 0.173. The van der Waals surface area contributed by atoms with E-state index in [1.165, 1.54) is 38.7 Å². The highest BCUT2D eigenvalue weighted by atomic mass is 35.5. The number of nitrogens with one attached hydrogen (secondary N) is 2. The van der Waals surface area contributed by atoms with Crippen molar-refractivity contribution in [3.63, 3.8) is 0 Å². The van der Waals surface area contributed by atoms with E-state index in [0.29, 0.717) is 46.9 Å². The van der Waals surface area contributed by atoms with Crippen LogP contribution < -0.4 is 16.4 Å². The molecular weight excluding hydrogens is 798 g/mol. The number of carbonyl (C=O) groups excluding carboxylic acids is 2. The molecule has 0 aliphatic carbocycles. The van der Waals surface area contributed by atoms with Gasteiger partial charge in [-0.1, -0.05) is 71.2 Å². The first kappa shape index (κ1) is 45.3. The molecule has 0 bridgehead atoms. The van der Waals surface area contributed by atoms with Gasteiger partial charge in [-0.05, 0) is 89.5 Å². The zero-order valence-electron chi connectivity index (χ0n) is 30.7. The fraction of sp³-hybridized carbons (Fsp3) is 0.122. The van der Waals surface area contributed by atoms with E-state index in [2.05, 4.69) is 35.1 Å². The van der Waals surface area contributed by atoms with Gasteiger partial charge < -0.3 is 30.9 Å². The molecule has 5 N–H and O–H groups in total. The largest absolute Gasteiger partial charge is 0.478 e. The number of carboxylic acid groups (broad SMARTS) is 1. The normalized spacial score (nSPS) is 9.81. The average molecular weight is 836 g/mol. The molecule has 0 amide bonds. The molecule has 0 fully saturated rings. The van der Waals surface area contributed by atoms with E-state index in [1.807, 2.05) is 72.8 Å². The summed E-state index contributed by atoms with van der Waals surface area (Å²) >= 11 is 17.2. The molecule has 0 atom stereocenters. The summed E-state index contributed by atoms with van der Waals surface area (Å²) in [7, 11) is 2.60. The van der Waals surface area contributed by atoms with Crippen LogP contribution in [-0.4, -0.2) is 52.2 Å². The number of esters is 2. The van der Waals surface area contributed by atoms with Crippen LogP contribution in [0.5, 0.6) is 0 Å². The van der Waals surface area contributed by atoms with Crippen molar-refractivity contribution in [1.29, 1.82) is 0 Å². The van der Waals surface area contributed by atoms with Crippen LogP contribution in [0.1, 0.15) is 47.8 Å². The summed E-state index contributed by atoms with van der Waals surface area (Å²) in [5.41, 5.74) is 9.49. The Bertz CT molecular complexity index is 2130. The van der Waals surface area contributed by atoms with Gasteiger partial charge in [0.15, 0.2) is 0 Å². The smallest absolute Gasteiger partial charge is 0.339 e. The topological polar surface area (TPSA) is 179 Å². The minimum Gasteiger partial charge on any atom is -0.478 e. The molecule has 57 heavy (non-hydrogen) atoms. The Kier molecular flexibility index (Phi) is 19.4.